The van der Waals surface area contributed by atoms with Crippen LogP contribution >= 0.6 is 11.6 Å². The first kappa shape index (κ1) is 18.3. The van der Waals surface area contributed by atoms with Crippen molar-refractivity contribution in [2.45, 2.75) is 25.8 Å². The molecule has 5 nitrogen and oxygen atoms in total. The number of benzene rings is 2. The maximum absolute atomic E-state index is 12.8. The number of amides is 3. The van der Waals surface area contributed by atoms with Crippen LogP contribution in [0.1, 0.15) is 36.9 Å². The first-order valence-corrected chi connectivity index (χ1v) is 9.04. The molecule has 1 aliphatic heterocycles. The molecule has 2 aromatic carbocycles. The molecule has 0 bridgehead atoms. The summed E-state index contributed by atoms with van der Waals surface area (Å²) in [6.45, 7) is 5.12. The Bertz CT molecular complexity index is 788. The molecular weight excluding hydrogens is 350 g/mol. The van der Waals surface area contributed by atoms with Crippen LogP contribution in [0.4, 0.5) is 10.5 Å². The van der Waals surface area contributed by atoms with Crippen molar-refractivity contribution in [2.75, 3.05) is 18.4 Å². The summed E-state index contributed by atoms with van der Waals surface area (Å²) in [6.07, 6.45) is 0. The van der Waals surface area contributed by atoms with Gasteiger partial charge in [0.15, 0.2) is 0 Å². The van der Waals surface area contributed by atoms with Crippen molar-refractivity contribution >= 4 is 29.2 Å². The van der Waals surface area contributed by atoms with E-state index in [2.05, 4.69) is 24.5 Å². The van der Waals surface area contributed by atoms with Gasteiger partial charge in [-0.3, -0.25) is 4.79 Å². The molecule has 1 aliphatic rings. The largest absolute Gasteiger partial charge is 0.352 e. The quantitative estimate of drug-likeness (QED) is 0.850. The number of rotatable bonds is 3. The lowest BCUT2D eigenvalue weighted by atomic mass is 9.97. The van der Waals surface area contributed by atoms with Gasteiger partial charge in [0.1, 0.15) is 6.04 Å². The number of piperazine rings is 1. The minimum Gasteiger partial charge on any atom is -0.352 e. The molecule has 0 saturated carbocycles. The van der Waals surface area contributed by atoms with Gasteiger partial charge < -0.3 is 15.5 Å². The van der Waals surface area contributed by atoms with E-state index in [1.54, 1.807) is 29.2 Å². The highest BCUT2D eigenvalue weighted by molar-refractivity contribution is 6.30. The van der Waals surface area contributed by atoms with Crippen molar-refractivity contribution in [1.29, 1.82) is 0 Å². The number of carbonyl (C=O) groups is 2. The Balaban J connectivity index is 1.82. The van der Waals surface area contributed by atoms with Crippen LogP contribution in [0, 0.1) is 0 Å². The molecule has 0 aliphatic carbocycles. The Morgan fingerprint density at radius 2 is 1.81 bits per heavy atom. The van der Waals surface area contributed by atoms with Gasteiger partial charge in [-0.05, 0) is 41.3 Å². The zero-order valence-electron chi connectivity index (χ0n) is 14.8. The molecular formula is C20H22ClN3O2. The van der Waals surface area contributed by atoms with E-state index in [1.807, 2.05) is 24.3 Å². The number of nitrogens with zero attached hydrogens (tertiary/aromatic N) is 1. The average Bonchev–Trinajstić information content (AvgIpc) is 2.63. The lowest BCUT2D eigenvalue weighted by molar-refractivity contribution is -0.127. The molecule has 3 amide bonds. The second kappa shape index (κ2) is 7.79. The van der Waals surface area contributed by atoms with Crippen molar-refractivity contribution < 1.29 is 9.59 Å². The minimum absolute atomic E-state index is 0.167. The van der Waals surface area contributed by atoms with E-state index in [4.69, 9.17) is 11.6 Å². The molecule has 136 valence electrons. The maximum atomic E-state index is 12.8. The van der Waals surface area contributed by atoms with E-state index in [1.165, 1.54) is 5.56 Å². The first-order valence-electron chi connectivity index (χ1n) is 8.66. The standard InChI is InChI=1S/C20H22ClN3O2/c1-13(2)14-3-5-15(6-4-14)18-19(25)22-11-12-24(18)20(26)23-17-9-7-16(21)8-10-17/h3-10,13,18H,11-12H2,1-2H3,(H,22,25)(H,23,26). The van der Waals surface area contributed by atoms with Crippen LogP contribution in [0.2, 0.25) is 5.02 Å². The smallest absolute Gasteiger partial charge is 0.322 e. The number of nitrogens with one attached hydrogen (secondary N) is 2. The Morgan fingerprint density at radius 1 is 1.15 bits per heavy atom. The molecule has 26 heavy (non-hydrogen) atoms. The van der Waals surface area contributed by atoms with E-state index in [0.717, 1.165) is 5.56 Å². The second-order valence-corrected chi connectivity index (χ2v) is 7.08. The third-order valence-electron chi connectivity index (χ3n) is 4.49. The molecule has 1 atom stereocenters. The van der Waals surface area contributed by atoms with Crippen molar-refractivity contribution in [3.63, 3.8) is 0 Å². The van der Waals surface area contributed by atoms with Gasteiger partial charge in [-0.15, -0.1) is 0 Å². The molecule has 1 unspecified atom stereocenters. The molecule has 1 fully saturated rings. The first-order chi connectivity index (χ1) is 12.5. The fraction of sp³-hybridized carbons (Fsp3) is 0.300. The summed E-state index contributed by atoms with van der Waals surface area (Å²) in [5, 5.41) is 6.28. The lowest BCUT2D eigenvalue weighted by Crippen LogP contribution is -2.53. The average molecular weight is 372 g/mol. The summed E-state index contributed by atoms with van der Waals surface area (Å²) in [5.74, 6) is 0.244. The third-order valence-corrected chi connectivity index (χ3v) is 4.74. The summed E-state index contributed by atoms with van der Waals surface area (Å²) in [6, 6.07) is 13.8. The summed E-state index contributed by atoms with van der Waals surface area (Å²) in [7, 11) is 0. The summed E-state index contributed by atoms with van der Waals surface area (Å²) in [4.78, 5) is 26.8. The SMILES string of the molecule is CC(C)c1ccc(C2C(=O)NCCN2C(=O)Nc2ccc(Cl)cc2)cc1. The molecule has 3 rings (SSSR count). The van der Waals surface area contributed by atoms with Crippen LogP contribution in [0.5, 0.6) is 0 Å². The molecule has 0 spiro atoms. The Labute approximate surface area is 158 Å². The van der Waals surface area contributed by atoms with E-state index in [9.17, 15) is 9.59 Å². The zero-order chi connectivity index (χ0) is 18.7. The number of carbonyl (C=O) groups excluding carboxylic acids is 2. The fourth-order valence-electron chi connectivity index (χ4n) is 3.01. The summed E-state index contributed by atoms with van der Waals surface area (Å²) < 4.78 is 0. The van der Waals surface area contributed by atoms with Crippen molar-refractivity contribution in [3.8, 4) is 0 Å². The summed E-state index contributed by atoms with van der Waals surface area (Å²) >= 11 is 5.88. The molecule has 2 N–H and O–H groups in total. The Morgan fingerprint density at radius 3 is 2.42 bits per heavy atom. The van der Waals surface area contributed by atoms with Crippen LogP contribution in [0.25, 0.3) is 0 Å². The zero-order valence-corrected chi connectivity index (χ0v) is 15.6. The topological polar surface area (TPSA) is 61.4 Å². The molecule has 1 heterocycles. The fourth-order valence-corrected chi connectivity index (χ4v) is 3.13. The van der Waals surface area contributed by atoms with E-state index >= 15 is 0 Å². The van der Waals surface area contributed by atoms with Crippen LogP contribution in [0.3, 0.4) is 0 Å². The van der Waals surface area contributed by atoms with Gasteiger partial charge in [-0.1, -0.05) is 49.7 Å². The highest BCUT2D eigenvalue weighted by Gasteiger charge is 2.34. The number of hydrogen-bond acceptors (Lipinski definition) is 2. The van der Waals surface area contributed by atoms with Gasteiger partial charge in [0, 0.05) is 23.8 Å². The highest BCUT2D eigenvalue weighted by atomic mass is 35.5. The van der Waals surface area contributed by atoms with Crippen LogP contribution in [-0.4, -0.2) is 29.9 Å². The van der Waals surface area contributed by atoms with Crippen molar-refractivity contribution in [3.05, 3.63) is 64.7 Å². The number of urea groups is 1. The predicted octanol–water partition coefficient (Wildman–Crippen LogP) is 4.17. The van der Waals surface area contributed by atoms with Gasteiger partial charge in [0.2, 0.25) is 5.91 Å². The molecule has 1 saturated heterocycles. The van der Waals surface area contributed by atoms with Crippen LogP contribution in [0.15, 0.2) is 48.5 Å². The predicted molar refractivity (Wildman–Crippen MR) is 103 cm³/mol. The van der Waals surface area contributed by atoms with E-state index < -0.39 is 6.04 Å². The number of halogens is 1. The third kappa shape index (κ3) is 3.99. The van der Waals surface area contributed by atoms with E-state index in [-0.39, 0.29) is 11.9 Å². The molecule has 0 aromatic heterocycles. The van der Waals surface area contributed by atoms with Crippen LogP contribution < -0.4 is 10.6 Å². The Hall–Kier alpha value is -2.53. The highest BCUT2D eigenvalue weighted by Crippen LogP contribution is 2.26. The minimum atomic E-state index is -0.641. The van der Waals surface area contributed by atoms with Crippen molar-refractivity contribution in [2.24, 2.45) is 0 Å². The van der Waals surface area contributed by atoms with Gasteiger partial charge in [0.05, 0.1) is 0 Å². The monoisotopic (exact) mass is 371 g/mol. The normalized spacial score (nSPS) is 17.2. The number of anilines is 1. The van der Waals surface area contributed by atoms with Gasteiger partial charge in [0.25, 0.3) is 0 Å². The van der Waals surface area contributed by atoms with Crippen LogP contribution in [-0.2, 0) is 4.79 Å². The van der Waals surface area contributed by atoms with Gasteiger partial charge in [-0.25, -0.2) is 4.79 Å². The molecule has 2 aromatic rings. The van der Waals surface area contributed by atoms with E-state index in [0.29, 0.717) is 29.7 Å². The van der Waals surface area contributed by atoms with Gasteiger partial charge >= 0.3 is 6.03 Å². The number of hydrogen-bond donors (Lipinski definition) is 2. The maximum Gasteiger partial charge on any atom is 0.322 e. The second-order valence-electron chi connectivity index (χ2n) is 6.65. The molecule has 0 radical (unpaired) electrons. The van der Waals surface area contributed by atoms with Crippen molar-refractivity contribution in [1.82, 2.24) is 10.2 Å². The van der Waals surface area contributed by atoms with Gasteiger partial charge in [-0.2, -0.15) is 0 Å². The Kier molecular flexibility index (Phi) is 5.47. The summed E-state index contributed by atoms with van der Waals surface area (Å²) in [5.41, 5.74) is 2.64. The molecule has 6 heteroatoms. The lowest BCUT2D eigenvalue weighted by Gasteiger charge is -2.35.